The van der Waals surface area contributed by atoms with Gasteiger partial charge in [0, 0.05) is 16.7 Å². The highest BCUT2D eigenvalue weighted by Gasteiger charge is 2.20. The van der Waals surface area contributed by atoms with E-state index >= 15 is 0 Å². The smallest absolute Gasteiger partial charge is 0.115 e. The molecule has 0 aliphatic heterocycles. The van der Waals surface area contributed by atoms with Gasteiger partial charge in [0.15, 0.2) is 0 Å². The van der Waals surface area contributed by atoms with Crippen LogP contribution >= 0.6 is 0 Å². The van der Waals surface area contributed by atoms with E-state index in [0.717, 1.165) is 34.6 Å². The molecule has 4 rings (SSSR count). The van der Waals surface area contributed by atoms with Gasteiger partial charge < -0.3 is 5.11 Å². The van der Waals surface area contributed by atoms with E-state index in [2.05, 4.69) is 43.3 Å². The van der Waals surface area contributed by atoms with Crippen molar-refractivity contribution in [3.05, 3.63) is 90.5 Å². The number of para-hydroxylation sites is 1. The van der Waals surface area contributed by atoms with Crippen molar-refractivity contribution in [2.24, 2.45) is 0 Å². The van der Waals surface area contributed by atoms with Crippen molar-refractivity contribution in [1.82, 2.24) is 9.78 Å². The average Bonchev–Trinajstić information content (AvgIpc) is 3.09. The molecule has 0 aliphatic carbocycles. The summed E-state index contributed by atoms with van der Waals surface area (Å²) < 4.78 is 2.02. The van der Waals surface area contributed by atoms with Gasteiger partial charge in [0.05, 0.1) is 17.1 Å². The molecule has 128 valence electrons. The molecule has 0 spiro atoms. The van der Waals surface area contributed by atoms with Crippen LogP contribution in [0.1, 0.15) is 12.5 Å². The summed E-state index contributed by atoms with van der Waals surface area (Å²) in [6.45, 7) is 2.16. The lowest BCUT2D eigenvalue weighted by Gasteiger charge is -2.09. The van der Waals surface area contributed by atoms with Crippen LogP contribution in [0.25, 0.3) is 28.2 Å². The number of benzene rings is 3. The second-order valence-corrected chi connectivity index (χ2v) is 6.19. The molecule has 0 aliphatic rings. The second kappa shape index (κ2) is 6.89. The average molecular weight is 340 g/mol. The molecule has 0 fully saturated rings. The van der Waals surface area contributed by atoms with Crippen molar-refractivity contribution in [1.29, 1.82) is 0 Å². The van der Waals surface area contributed by atoms with Crippen LogP contribution in [0, 0.1) is 0 Å². The van der Waals surface area contributed by atoms with Gasteiger partial charge >= 0.3 is 0 Å². The molecule has 1 N–H and O–H groups in total. The Kier molecular flexibility index (Phi) is 4.28. The Bertz CT molecular complexity index is 1000. The third-order valence-electron chi connectivity index (χ3n) is 4.53. The van der Waals surface area contributed by atoms with Gasteiger partial charge in [-0.15, -0.1) is 0 Å². The Morgan fingerprint density at radius 2 is 1.38 bits per heavy atom. The van der Waals surface area contributed by atoms with E-state index in [1.54, 1.807) is 12.1 Å². The van der Waals surface area contributed by atoms with Gasteiger partial charge in [-0.05, 0) is 42.8 Å². The molecule has 3 heteroatoms. The summed E-state index contributed by atoms with van der Waals surface area (Å²) in [5.41, 5.74) is 6.45. The molecule has 0 saturated heterocycles. The van der Waals surface area contributed by atoms with Crippen LogP contribution in [0.5, 0.6) is 5.75 Å². The predicted molar refractivity (Wildman–Crippen MR) is 105 cm³/mol. The molecule has 4 aromatic rings. The van der Waals surface area contributed by atoms with E-state index in [-0.39, 0.29) is 5.75 Å². The molecule has 3 aromatic carbocycles. The second-order valence-electron chi connectivity index (χ2n) is 6.19. The number of phenolic OH excluding ortho intramolecular Hbond substituents is 1. The highest BCUT2D eigenvalue weighted by Crippen LogP contribution is 2.35. The van der Waals surface area contributed by atoms with Crippen molar-refractivity contribution in [2.45, 2.75) is 13.3 Å². The Hall–Kier alpha value is -3.33. The number of hydrogen-bond donors (Lipinski definition) is 1. The van der Waals surface area contributed by atoms with Gasteiger partial charge in [0.25, 0.3) is 0 Å². The number of aromatic hydroxyl groups is 1. The zero-order chi connectivity index (χ0) is 17.9. The molecule has 1 aromatic heterocycles. The summed E-state index contributed by atoms with van der Waals surface area (Å²) in [6, 6.07) is 27.8. The maximum Gasteiger partial charge on any atom is 0.115 e. The van der Waals surface area contributed by atoms with Crippen molar-refractivity contribution in [3.8, 4) is 34.0 Å². The lowest BCUT2D eigenvalue weighted by atomic mass is 10.00. The molecule has 1 heterocycles. The van der Waals surface area contributed by atoms with Gasteiger partial charge in [0.2, 0.25) is 0 Å². The van der Waals surface area contributed by atoms with Crippen LogP contribution in [-0.4, -0.2) is 14.9 Å². The molecule has 0 unspecified atom stereocenters. The molecule has 0 saturated carbocycles. The summed E-state index contributed by atoms with van der Waals surface area (Å²) in [5, 5.41) is 14.6. The minimum absolute atomic E-state index is 0.262. The summed E-state index contributed by atoms with van der Waals surface area (Å²) in [5.74, 6) is 0.262. The number of nitrogens with zero attached hydrogens (tertiary/aromatic N) is 2. The van der Waals surface area contributed by atoms with Gasteiger partial charge in [-0.1, -0.05) is 55.5 Å². The Morgan fingerprint density at radius 3 is 2.00 bits per heavy atom. The Balaban J connectivity index is 2.00. The predicted octanol–water partition coefficient (Wildman–Crippen LogP) is 5.47. The lowest BCUT2D eigenvalue weighted by molar-refractivity contribution is 0.475. The Morgan fingerprint density at radius 1 is 0.769 bits per heavy atom. The fourth-order valence-corrected chi connectivity index (χ4v) is 3.29. The number of phenols is 1. The van der Waals surface area contributed by atoms with Crippen molar-refractivity contribution in [3.63, 3.8) is 0 Å². The first-order chi connectivity index (χ1) is 12.8. The maximum atomic E-state index is 9.62. The van der Waals surface area contributed by atoms with E-state index in [0.29, 0.717) is 0 Å². The fourth-order valence-electron chi connectivity index (χ4n) is 3.29. The van der Waals surface area contributed by atoms with E-state index < -0.39 is 0 Å². The third-order valence-corrected chi connectivity index (χ3v) is 4.53. The lowest BCUT2D eigenvalue weighted by Crippen LogP contribution is -1.99. The monoisotopic (exact) mass is 340 g/mol. The maximum absolute atomic E-state index is 9.62. The SMILES string of the molecule is CCc1c(-c2ccc(O)cc2)nn(-c2ccccc2)c1-c1ccccc1. The third kappa shape index (κ3) is 2.88. The number of rotatable bonds is 4. The van der Waals surface area contributed by atoms with Crippen LogP contribution in [0.15, 0.2) is 84.9 Å². The Labute approximate surface area is 153 Å². The first-order valence-corrected chi connectivity index (χ1v) is 8.80. The van der Waals surface area contributed by atoms with E-state index in [4.69, 9.17) is 5.10 Å². The van der Waals surface area contributed by atoms with Crippen LogP contribution in [0.2, 0.25) is 0 Å². The highest BCUT2D eigenvalue weighted by atomic mass is 16.3. The van der Waals surface area contributed by atoms with Crippen LogP contribution < -0.4 is 0 Å². The van der Waals surface area contributed by atoms with Crippen molar-refractivity contribution >= 4 is 0 Å². The molecule has 0 amide bonds. The quantitative estimate of drug-likeness (QED) is 0.534. The van der Waals surface area contributed by atoms with Gasteiger partial charge in [-0.2, -0.15) is 5.10 Å². The molecule has 26 heavy (non-hydrogen) atoms. The largest absolute Gasteiger partial charge is 0.508 e. The van der Waals surface area contributed by atoms with Crippen LogP contribution in [0.3, 0.4) is 0 Å². The van der Waals surface area contributed by atoms with Gasteiger partial charge in [-0.25, -0.2) is 4.68 Å². The summed E-state index contributed by atoms with van der Waals surface area (Å²) >= 11 is 0. The zero-order valence-corrected chi connectivity index (χ0v) is 14.6. The minimum atomic E-state index is 0.262. The van der Waals surface area contributed by atoms with E-state index in [1.807, 2.05) is 41.1 Å². The van der Waals surface area contributed by atoms with Gasteiger partial charge in [0.1, 0.15) is 5.75 Å². The molecular formula is C23H20N2O. The molecule has 3 nitrogen and oxygen atoms in total. The summed E-state index contributed by atoms with van der Waals surface area (Å²) in [6.07, 6.45) is 0.868. The molecule has 0 radical (unpaired) electrons. The molecule has 0 bridgehead atoms. The number of hydrogen-bond acceptors (Lipinski definition) is 2. The summed E-state index contributed by atoms with van der Waals surface area (Å²) in [7, 11) is 0. The molecular weight excluding hydrogens is 320 g/mol. The molecule has 0 atom stereocenters. The standard InChI is InChI=1S/C23H20N2O/c1-2-21-22(17-13-15-20(26)16-14-17)24-25(19-11-7-4-8-12-19)23(21)18-9-5-3-6-10-18/h3-16,26H,2H2,1H3. The van der Waals surface area contributed by atoms with Crippen molar-refractivity contribution in [2.75, 3.05) is 0 Å². The first-order valence-electron chi connectivity index (χ1n) is 8.80. The summed E-state index contributed by atoms with van der Waals surface area (Å²) in [4.78, 5) is 0. The normalized spacial score (nSPS) is 10.8. The van der Waals surface area contributed by atoms with E-state index in [1.165, 1.54) is 5.56 Å². The van der Waals surface area contributed by atoms with Crippen LogP contribution in [-0.2, 0) is 6.42 Å². The van der Waals surface area contributed by atoms with Gasteiger partial charge in [-0.3, -0.25) is 0 Å². The minimum Gasteiger partial charge on any atom is -0.508 e. The first kappa shape index (κ1) is 16.2. The highest BCUT2D eigenvalue weighted by molar-refractivity contribution is 5.76. The topological polar surface area (TPSA) is 38.1 Å². The number of aromatic nitrogens is 2. The fraction of sp³-hybridized carbons (Fsp3) is 0.0870. The zero-order valence-electron chi connectivity index (χ0n) is 14.6. The van der Waals surface area contributed by atoms with Crippen LogP contribution in [0.4, 0.5) is 0 Å². The van der Waals surface area contributed by atoms with Crippen molar-refractivity contribution < 1.29 is 5.11 Å². The van der Waals surface area contributed by atoms with E-state index in [9.17, 15) is 5.11 Å².